The van der Waals surface area contributed by atoms with E-state index in [0.717, 1.165) is 6.26 Å². The van der Waals surface area contributed by atoms with Crippen LogP contribution in [0.2, 0.25) is 10.0 Å². The minimum Gasteiger partial charge on any atom is -0.256 e. The van der Waals surface area contributed by atoms with Gasteiger partial charge < -0.3 is 0 Å². The monoisotopic (exact) mass is 318 g/mol. The summed E-state index contributed by atoms with van der Waals surface area (Å²) >= 11 is 12.0. The summed E-state index contributed by atoms with van der Waals surface area (Å²) in [5.74, 6) is 0. The predicted molar refractivity (Wildman–Crippen MR) is 76.5 cm³/mol. The van der Waals surface area contributed by atoms with Gasteiger partial charge >= 0.3 is 0 Å². The quantitative estimate of drug-likeness (QED) is 0.854. The Balaban J connectivity index is 2.72. The second kappa shape index (κ2) is 4.81. The third-order valence-electron chi connectivity index (χ3n) is 2.76. The summed E-state index contributed by atoms with van der Waals surface area (Å²) in [4.78, 5) is 0. The molecule has 0 fully saturated rings. The Morgan fingerprint density at radius 3 is 2.37 bits per heavy atom. The highest BCUT2D eigenvalue weighted by molar-refractivity contribution is 7.90. The highest BCUT2D eigenvalue weighted by atomic mass is 35.5. The van der Waals surface area contributed by atoms with Crippen molar-refractivity contribution in [2.45, 2.75) is 11.9 Å². The fraction of sp³-hybridized carbons (Fsp3) is 0.250. The van der Waals surface area contributed by atoms with Gasteiger partial charge in [-0.1, -0.05) is 23.2 Å². The highest BCUT2D eigenvalue weighted by Gasteiger charge is 2.22. The van der Waals surface area contributed by atoms with Crippen molar-refractivity contribution in [2.75, 3.05) is 6.26 Å². The van der Waals surface area contributed by atoms with Crippen LogP contribution in [0.3, 0.4) is 0 Å². The molecule has 19 heavy (non-hydrogen) atoms. The molecule has 0 saturated carbocycles. The molecule has 0 amide bonds. The first-order valence-electron chi connectivity index (χ1n) is 5.41. The summed E-state index contributed by atoms with van der Waals surface area (Å²) < 4.78 is 24.8. The normalized spacial score (nSPS) is 11.8. The third kappa shape index (κ3) is 2.63. The number of nitrogens with zero attached hydrogens (tertiary/aromatic N) is 2. The van der Waals surface area contributed by atoms with Gasteiger partial charge in [-0.25, -0.2) is 8.42 Å². The molecular formula is C12H12Cl2N2O2S. The fourth-order valence-corrected chi connectivity index (χ4v) is 3.74. The smallest absolute Gasteiger partial charge is 0.192 e. The van der Waals surface area contributed by atoms with Crippen molar-refractivity contribution in [1.29, 1.82) is 0 Å². The zero-order valence-electron chi connectivity index (χ0n) is 10.6. The van der Waals surface area contributed by atoms with E-state index in [-0.39, 0.29) is 5.03 Å². The molecule has 1 aromatic carbocycles. The first kappa shape index (κ1) is 14.4. The van der Waals surface area contributed by atoms with Crippen LogP contribution < -0.4 is 0 Å². The summed E-state index contributed by atoms with van der Waals surface area (Å²) in [5, 5.41) is 5.39. The largest absolute Gasteiger partial charge is 0.256 e. The van der Waals surface area contributed by atoms with E-state index in [0.29, 0.717) is 26.9 Å². The Bertz CT molecular complexity index is 751. The van der Waals surface area contributed by atoms with Crippen LogP contribution in [0.15, 0.2) is 23.2 Å². The molecule has 0 aliphatic carbocycles. The van der Waals surface area contributed by atoms with Crippen molar-refractivity contribution in [3.8, 4) is 11.3 Å². The molecule has 0 N–H and O–H groups in total. The molecule has 7 heteroatoms. The Morgan fingerprint density at radius 1 is 1.26 bits per heavy atom. The molecule has 2 rings (SSSR count). The average Bonchev–Trinajstić information content (AvgIpc) is 2.53. The highest BCUT2D eigenvalue weighted by Crippen LogP contribution is 2.33. The Labute approximate surface area is 121 Å². The molecular weight excluding hydrogens is 307 g/mol. The molecule has 102 valence electrons. The molecule has 0 atom stereocenters. The van der Waals surface area contributed by atoms with E-state index in [2.05, 4.69) is 5.10 Å². The number of hydrogen-bond donors (Lipinski definition) is 0. The van der Waals surface area contributed by atoms with Crippen molar-refractivity contribution in [3.05, 3.63) is 33.8 Å². The lowest BCUT2D eigenvalue weighted by Gasteiger charge is -2.03. The summed E-state index contributed by atoms with van der Waals surface area (Å²) in [6, 6.07) is 5.02. The second-order valence-corrected chi connectivity index (χ2v) is 7.07. The van der Waals surface area contributed by atoms with E-state index >= 15 is 0 Å². The van der Waals surface area contributed by atoms with E-state index in [1.807, 2.05) is 0 Å². The molecule has 0 aliphatic rings. The average molecular weight is 319 g/mol. The third-order valence-corrected chi connectivity index (χ3v) is 4.58. The van der Waals surface area contributed by atoms with Crippen molar-refractivity contribution in [2.24, 2.45) is 7.05 Å². The minimum absolute atomic E-state index is 0.188. The van der Waals surface area contributed by atoms with Crippen LogP contribution in [0, 0.1) is 6.92 Å². The number of aromatic nitrogens is 2. The maximum absolute atomic E-state index is 11.7. The zero-order valence-corrected chi connectivity index (χ0v) is 12.9. The van der Waals surface area contributed by atoms with Gasteiger partial charge in [0.05, 0.1) is 10.7 Å². The maximum Gasteiger partial charge on any atom is 0.192 e. The van der Waals surface area contributed by atoms with Gasteiger partial charge in [0, 0.05) is 29.5 Å². The van der Waals surface area contributed by atoms with E-state index in [4.69, 9.17) is 23.2 Å². The number of hydrogen-bond acceptors (Lipinski definition) is 3. The molecule has 2 aromatic rings. The van der Waals surface area contributed by atoms with Gasteiger partial charge in [-0.15, -0.1) is 0 Å². The number of aryl methyl sites for hydroxylation is 1. The van der Waals surface area contributed by atoms with Gasteiger partial charge in [-0.2, -0.15) is 5.10 Å². The summed E-state index contributed by atoms with van der Waals surface area (Å²) in [7, 11) is -1.75. The van der Waals surface area contributed by atoms with Gasteiger partial charge in [0.2, 0.25) is 0 Å². The van der Waals surface area contributed by atoms with Crippen molar-refractivity contribution < 1.29 is 8.42 Å². The number of rotatable bonds is 2. The lowest BCUT2D eigenvalue weighted by molar-refractivity contribution is 0.581. The van der Waals surface area contributed by atoms with Gasteiger partial charge in [-0.05, 0) is 25.1 Å². The van der Waals surface area contributed by atoms with Crippen molar-refractivity contribution in [3.63, 3.8) is 0 Å². The summed E-state index contributed by atoms with van der Waals surface area (Å²) in [5.41, 5.74) is 1.79. The second-order valence-electron chi connectivity index (χ2n) is 4.30. The Hall–Kier alpha value is -1.04. The molecule has 4 nitrogen and oxygen atoms in total. The van der Waals surface area contributed by atoms with Gasteiger partial charge in [0.15, 0.2) is 14.9 Å². The molecule has 0 radical (unpaired) electrons. The molecule has 1 heterocycles. The predicted octanol–water partition coefficient (Wildman–Crippen LogP) is 3.11. The van der Waals surface area contributed by atoms with Gasteiger partial charge in [0.1, 0.15) is 0 Å². The number of sulfone groups is 1. The molecule has 0 bridgehead atoms. The SMILES string of the molecule is Cc1c(-c2ccc(Cl)cc2Cl)nn(C)c1S(C)(=O)=O. The molecule has 0 aliphatic heterocycles. The standard InChI is InChI=1S/C12H12Cl2N2O2S/c1-7-11(9-5-4-8(13)6-10(9)14)15-16(2)12(7)19(3,17)18/h4-6H,1-3H3. The van der Waals surface area contributed by atoms with Gasteiger partial charge in [-0.3, -0.25) is 4.68 Å². The molecule has 1 aromatic heterocycles. The van der Waals surface area contributed by atoms with E-state index in [9.17, 15) is 8.42 Å². The van der Waals surface area contributed by atoms with Crippen LogP contribution >= 0.6 is 23.2 Å². The lowest BCUT2D eigenvalue weighted by atomic mass is 10.1. The zero-order chi connectivity index (χ0) is 14.4. The Kier molecular flexibility index (Phi) is 3.64. The first-order chi connectivity index (χ1) is 8.71. The maximum atomic E-state index is 11.7. The lowest BCUT2D eigenvalue weighted by Crippen LogP contribution is -2.06. The first-order valence-corrected chi connectivity index (χ1v) is 8.05. The van der Waals surface area contributed by atoms with Crippen LogP contribution in [0.4, 0.5) is 0 Å². The summed E-state index contributed by atoms with van der Waals surface area (Å²) in [6.45, 7) is 1.71. The fourth-order valence-electron chi connectivity index (χ4n) is 2.07. The van der Waals surface area contributed by atoms with Crippen molar-refractivity contribution in [1.82, 2.24) is 9.78 Å². The molecule has 0 spiro atoms. The van der Waals surface area contributed by atoms with E-state index < -0.39 is 9.84 Å². The van der Waals surface area contributed by atoms with Crippen LogP contribution in [-0.2, 0) is 16.9 Å². The number of halogens is 2. The van der Waals surface area contributed by atoms with E-state index in [1.165, 1.54) is 4.68 Å². The topological polar surface area (TPSA) is 52.0 Å². The van der Waals surface area contributed by atoms with Crippen LogP contribution in [0.1, 0.15) is 5.56 Å². The van der Waals surface area contributed by atoms with Gasteiger partial charge in [0.25, 0.3) is 0 Å². The van der Waals surface area contributed by atoms with Crippen LogP contribution in [0.25, 0.3) is 11.3 Å². The summed E-state index contributed by atoms with van der Waals surface area (Å²) in [6.07, 6.45) is 1.16. The van der Waals surface area contributed by atoms with E-state index in [1.54, 1.807) is 32.2 Å². The van der Waals surface area contributed by atoms with Crippen LogP contribution in [0.5, 0.6) is 0 Å². The molecule has 0 unspecified atom stereocenters. The Morgan fingerprint density at radius 2 is 1.89 bits per heavy atom. The van der Waals surface area contributed by atoms with Crippen LogP contribution in [-0.4, -0.2) is 24.5 Å². The van der Waals surface area contributed by atoms with Crippen molar-refractivity contribution >= 4 is 33.0 Å². The minimum atomic E-state index is -3.34. The number of benzene rings is 1. The molecule has 0 saturated heterocycles.